The van der Waals surface area contributed by atoms with E-state index < -0.39 is 11.6 Å². The van der Waals surface area contributed by atoms with Gasteiger partial charge in [0.15, 0.2) is 5.82 Å². The van der Waals surface area contributed by atoms with Gasteiger partial charge in [0, 0.05) is 38.0 Å². The SMILES string of the molecule is OCC1CCN(c2ncccc2NCc2cc(F)ccc2F)CC1. The molecule has 1 aliphatic rings. The maximum absolute atomic E-state index is 13.8. The molecule has 0 unspecified atom stereocenters. The van der Waals surface area contributed by atoms with Crippen molar-refractivity contribution in [1.82, 2.24) is 4.98 Å². The average molecular weight is 333 g/mol. The van der Waals surface area contributed by atoms with Crippen molar-refractivity contribution in [1.29, 1.82) is 0 Å². The summed E-state index contributed by atoms with van der Waals surface area (Å²) < 4.78 is 27.0. The molecule has 1 aromatic heterocycles. The number of aliphatic hydroxyl groups is 1. The van der Waals surface area contributed by atoms with Gasteiger partial charge < -0.3 is 15.3 Å². The minimum atomic E-state index is -0.453. The molecular formula is C18H21F2N3O. The number of aliphatic hydroxyl groups excluding tert-OH is 1. The summed E-state index contributed by atoms with van der Waals surface area (Å²) in [5, 5.41) is 12.4. The van der Waals surface area contributed by atoms with Crippen molar-refractivity contribution in [2.45, 2.75) is 19.4 Å². The first-order valence-corrected chi connectivity index (χ1v) is 8.16. The molecule has 2 N–H and O–H groups in total. The number of hydrogen-bond donors (Lipinski definition) is 2. The summed E-state index contributed by atoms with van der Waals surface area (Å²) in [7, 11) is 0. The molecule has 1 aliphatic heterocycles. The molecule has 1 fully saturated rings. The van der Waals surface area contributed by atoms with Crippen molar-refractivity contribution < 1.29 is 13.9 Å². The number of benzene rings is 1. The second kappa shape index (κ2) is 7.57. The minimum absolute atomic E-state index is 0.190. The third kappa shape index (κ3) is 3.82. The van der Waals surface area contributed by atoms with Crippen LogP contribution in [0.5, 0.6) is 0 Å². The van der Waals surface area contributed by atoms with Crippen LogP contribution in [0.15, 0.2) is 36.5 Å². The lowest BCUT2D eigenvalue weighted by Gasteiger charge is -2.33. The number of rotatable bonds is 5. The van der Waals surface area contributed by atoms with Crippen LogP contribution in [0.4, 0.5) is 20.3 Å². The topological polar surface area (TPSA) is 48.4 Å². The molecule has 6 heteroatoms. The highest BCUT2D eigenvalue weighted by molar-refractivity contribution is 5.65. The lowest BCUT2D eigenvalue weighted by Crippen LogP contribution is -2.35. The van der Waals surface area contributed by atoms with Crippen LogP contribution < -0.4 is 10.2 Å². The number of hydrogen-bond acceptors (Lipinski definition) is 4. The minimum Gasteiger partial charge on any atom is -0.396 e. The van der Waals surface area contributed by atoms with Gasteiger partial charge in [-0.15, -0.1) is 0 Å². The normalized spacial score (nSPS) is 15.5. The molecule has 24 heavy (non-hydrogen) atoms. The van der Waals surface area contributed by atoms with Crippen LogP contribution in [0.25, 0.3) is 0 Å². The fraction of sp³-hybridized carbons (Fsp3) is 0.389. The van der Waals surface area contributed by atoms with E-state index in [1.165, 1.54) is 6.07 Å². The van der Waals surface area contributed by atoms with Gasteiger partial charge in [-0.2, -0.15) is 0 Å². The third-order valence-electron chi connectivity index (χ3n) is 4.44. The summed E-state index contributed by atoms with van der Waals surface area (Å²) in [5.41, 5.74) is 1.08. The summed E-state index contributed by atoms with van der Waals surface area (Å²) >= 11 is 0. The summed E-state index contributed by atoms with van der Waals surface area (Å²) in [6.07, 6.45) is 3.57. The van der Waals surface area contributed by atoms with Crippen LogP contribution in [0.3, 0.4) is 0 Å². The molecule has 2 aromatic rings. The van der Waals surface area contributed by atoms with Crippen LogP contribution in [0.2, 0.25) is 0 Å². The molecule has 0 saturated carbocycles. The zero-order chi connectivity index (χ0) is 16.9. The van der Waals surface area contributed by atoms with Crippen molar-refractivity contribution in [2.75, 3.05) is 29.9 Å². The molecule has 0 amide bonds. The van der Waals surface area contributed by atoms with Crippen LogP contribution in [0, 0.1) is 17.6 Å². The van der Waals surface area contributed by atoms with Gasteiger partial charge in [0.25, 0.3) is 0 Å². The molecule has 4 nitrogen and oxygen atoms in total. The van der Waals surface area contributed by atoms with Crippen molar-refractivity contribution in [3.05, 3.63) is 53.7 Å². The molecule has 0 bridgehead atoms. The van der Waals surface area contributed by atoms with E-state index in [2.05, 4.69) is 15.2 Å². The Hall–Kier alpha value is -2.21. The summed E-state index contributed by atoms with van der Waals surface area (Å²) in [6, 6.07) is 7.15. The predicted molar refractivity (Wildman–Crippen MR) is 89.9 cm³/mol. The quantitative estimate of drug-likeness (QED) is 0.882. The van der Waals surface area contributed by atoms with Crippen molar-refractivity contribution >= 4 is 11.5 Å². The first-order valence-electron chi connectivity index (χ1n) is 8.16. The highest BCUT2D eigenvalue weighted by Gasteiger charge is 2.21. The second-order valence-electron chi connectivity index (χ2n) is 6.08. The van der Waals surface area contributed by atoms with Crippen molar-refractivity contribution in [2.24, 2.45) is 5.92 Å². The van der Waals surface area contributed by atoms with E-state index in [1.54, 1.807) is 6.20 Å². The number of piperidine rings is 1. The Morgan fingerprint density at radius 2 is 2.00 bits per heavy atom. The lowest BCUT2D eigenvalue weighted by atomic mass is 9.98. The summed E-state index contributed by atoms with van der Waals surface area (Å²) in [6.45, 7) is 2.06. The third-order valence-corrected chi connectivity index (χ3v) is 4.44. The maximum atomic E-state index is 13.8. The molecular weight excluding hydrogens is 312 g/mol. The largest absolute Gasteiger partial charge is 0.396 e. The molecule has 0 radical (unpaired) electrons. The van der Waals surface area contributed by atoms with Gasteiger partial charge in [0.1, 0.15) is 11.6 Å². The smallest absolute Gasteiger partial charge is 0.151 e. The van der Waals surface area contributed by atoms with Gasteiger partial charge in [0.2, 0.25) is 0 Å². The number of anilines is 2. The molecule has 1 aromatic carbocycles. The second-order valence-corrected chi connectivity index (χ2v) is 6.08. The van der Waals surface area contributed by atoms with Crippen LogP contribution >= 0.6 is 0 Å². The Morgan fingerprint density at radius 3 is 2.75 bits per heavy atom. The molecule has 3 rings (SSSR count). The van der Waals surface area contributed by atoms with Gasteiger partial charge in [-0.25, -0.2) is 13.8 Å². The van der Waals surface area contributed by atoms with E-state index in [1.807, 2.05) is 12.1 Å². The predicted octanol–water partition coefficient (Wildman–Crippen LogP) is 3.18. The van der Waals surface area contributed by atoms with Crippen molar-refractivity contribution in [3.63, 3.8) is 0 Å². The monoisotopic (exact) mass is 333 g/mol. The van der Waals surface area contributed by atoms with Gasteiger partial charge in [-0.3, -0.25) is 0 Å². The van der Waals surface area contributed by atoms with Gasteiger partial charge >= 0.3 is 0 Å². The van der Waals surface area contributed by atoms with Gasteiger partial charge in [-0.1, -0.05) is 0 Å². The lowest BCUT2D eigenvalue weighted by molar-refractivity contribution is 0.203. The van der Waals surface area contributed by atoms with E-state index >= 15 is 0 Å². The van der Waals surface area contributed by atoms with Gasteiger partial charge in [0.05, 0.1) is 5.69 Å². The molecule has 0 spiro atoms. The Balaban J connectivity index is 1.71. The van der Waals surface area contributed by atoms with Gasteiger partial charge in [-0.05, 0) is 49.1 Å². The Kier molecular flexibility index (Phi) is 5.25. The number of nitrogens with one attached hydrogen (secondary N) is 1. The number of aromatic nitrogens is 1. The standard InChI is InChI=1S/C18H21F2N3O/c19-15-3-4-16(20)14(10-15)11-22-17-2-1-7-21-18(17)23-8-5-13(12-24)6-9-23/h1-4,7,10,13,22,24H,5-6,8-9,11-12H2. The maximum Gasteiger partial charge on any atom is 0.151 e. The van der Waals surface area contributed by atoms with E-state index in [9.17, 15) is 13.9 Å². The van der Waals surface area contributed by atoms with E-state index in [0.29, 0.717) is 5.92 Å². The van der Waals surface area contributed by atoms with E-state index in [4.69, 9.17) is 0 Å². The number of nitrogens with zero attached hydrogens (tertiary/aromatic N) is 2. The highest BCUT2D eigenvalue weighted by Crippen LogP contribution is 2.28. The Labute approximate surface area is 140 Å². The molecule has 0 aliphatic carbocycles. The summed E-state index contributed by atoms with van der Waals surface area (Å²) in [4.78, 5) is 6.60. The molecule has 2 heterocycles. The van der Waals surface area contributed by atoms with Crippen LogP contribution in [-0.2, 0) is 6.54 Å². The average Bonchev–Trinajstić information content (AvgIpc) is 2.63. The Bertz CT molecular complexity index is 688. The van der Waals surface area contributed by atoms with E-state index in [0.717, 1.165) is 49.6 Å². The zero-order valence-electron chi connectivity index (χ0n) is 13.4. The number of pyridine rings is 1. The zero-order valence-corrected chi connectivity index (χ0v) is 13.4. The fourth-order valence-corrected chi connectivity index (χ4v) is 2.98. The molecule has 1 saturated heterocycles. The number of halogens is 2. The van der Waals surface area contributed by atoms with E-state index in [-0.39, 0.29) is 18.7 Å². The first kappa shape index (κ1) is 16.6. The highest BCUT2D eigenvalue weighted by atomic mass is 19.1. The van der Waals surface area contributed by atoms with Crippen molar-refractivity contribution in [3.8, 4) is 0 Å². The first-order chi connectivity index (χ1) is 11.7. The molecule has 0 atom stereocenters. The Morgan fingerprint density at radius 1 is 1.21 bits per heavy atom. The summed E-state index contributed by atoms with van der Waals surface area (Å²) in [5.74, 6) is 0.275. The van der Waals surface area contributed by atoms with Crippen LogP contribution in [0.1, 0.15) is 18.4 Å². The van der Waals surface area contributed by atoms with Crippen LogP contribution in [-0.4, -0.2) is 29.8 Å². The fourth-order valence-electron chi connectivity index (χ4n) is 2.98. The molecule has 128 valence electrons.